The molecule has 0 radical (unpaired) electrons. The van der Waals surface area contributed by atoms with Crippen molar-refractivity contribution in [2.75, 3.05) is 0 Å². The summed E-state index contributed by atoms with van der Waals surface area (Å²) in [7, 11) is 0. The smallest absolute Gasteiger partial charge is 0.326 e. The van der Waals surface area contributed by atoms with Gasteiger partial charge in [-0.3, -0.25) is 14.9 Å². The minimum absolute atomic E-state index is 0.0798. The average Bonchev–Trinajstić information content (AvgIpc) is 2.85. The van der Waals surface area contributed by atoms with E-state index >= 15 is 0 Å². The summed E-state index contributed by atoms with van der Waals surface area (Å²) in [6.07, 6.45) is 0. The topological polar surface area (TPSA) is 140 Å². The second kappa shape index (κ2) is 5.34. The number of hydrogen-bond acceptors (Lipinski definition) is 8. The molecule has 0 aliphatic carbocycles. The van der Waals surface area contributed by atoms with Gasteiger partial charge < -0.3 is 14.7 Å². The Morgan fingerprint density at radius 2 is 1.96 bits per heavy atom. The number of nitrogens with zero attached hydrogens (tertiary/aromatic N) is 3. The van der Waals surface area contributed by atoms with Crippen LogP contribution in [-0.2, 0) is 0 Å². The molecule has 0 fully saturated rings. The summed E-state index contributed by atoms with van der Waals surface area (Å²) in [5.41, 5.74) is -2.31. The zero-order valence-corrected chi connectivity index (χ0v) is 12.9. The number of aryl methyl sites for hydroxylation is 1. The van der Waals surface area contributed by atoms with Crippen LogP contribution >= 0.6 is 0 Å². The van der Waals surface area contributed by atoms with Crippen LogP contribution in [0.1, 0.15) is 37.0 Å². The number of phenolic OH excluding ortho intramolecular Hbond substituents is 2. The molecule has 2 N–H and O–H groups in total. The number of aromatic hydroxyl groups is 2. The summed E-state index contributed by atoms with van der Waals surface area (Å²) in [5, 5.41) is 34.5. The number of ketones is 1. The Kier molecular flexibility index (Phi) is 3.81. The van der Waals surface area contributed by atoms with Crippen LogP contribution in [0.3, 0.4) is 0 Å². The number of rotatable bonds is 3. The normalized spacial score (nSPS) is 11.5. The minimum Gasteiger partial charge on any atom is -0.504 e. The van der Waals surface area contributed by atoms with E-state index < -0.39 is 33.3 Å². The standard InChI is InChI=1S/C14H15N3O6/c1-6-15-13(16-23-6)7-5-8(18)11(19)10(17(21)22)9(7)12(20)14(2,3)4/h5,18-19H,1-4H3. The molecule has 0 atom stereocenters. The largest absolute Gasteiger partial charge is 0.504 e. The van der Waals surface area contributed by atoms with Gasteiger partial charge in [0.1, 0.15) is 5.56 Å². The van der Waals surface area contributed by atoms with Crippen LogP contribution in [0.5, 0.6) is 11.5 Å². The van der Waals surface area contributed by atoms with Gasteiger partial charge in [0.2, 0.25) is 17.5 Å². The van der Waals surface area contributed by atoms with E-state index in [9.17, 15) is 25.1 Å². The van der Waals surface area contributed by atoms with Crippen molar-refractivity contribution in [3.05, 3.63) is 27.6 Å². The number of benzene rings is 1. The SMILES string of the molecule is Cc1nc(-c2cc(O)c(O)c([N+](=O)[O-])c2C(=O)C(C)(C)C)no1. The molecule has 0 aliphatic rings. The number of carbonyl (C=O) groups excluding carboxylic acids is 1. The molecule has 122 valence electrons. The predicted molar refractivity (Wildman–Crippen MR) is 78.2 cm³/mol. The van der Waals surface area contributed by atoms with Gasteiger partial charge in [-0.1, -0.05) is 25.9 Å². The van der Waals surface area contributed by atoms with Crippen molar-refractivity contribution in [1.82, 2.24) is 10.1 Å². The van der Waals surface area contributed by atoms with Crippen molar-refractivity contribution in [3.8, 4) is 22.9 Å². The van der Waals surface area contributed by atoms with E-state index in [2.05, 4.69) is 10.1 Å². The molecule has 1 heterocycles. The molecule has 2 rings (SSSR count). The van der Waals surface area contributed by atoms with Gasteiger partial charge in [-0.25, -0.2) is 0 Å². The number of aromatic nitrogens is 2. The fourth-order valence-electron chi connectivity index (χ4n) is 2.01. The number of hydrogen-bond donors (Lipinski definition) is 2. The van der Waals surface area contributed by atoms with E-state index in [0.29, 0.717) is 0 Å². The summed E-state index contributed by atoms with van der Waals surface area (Å²) in [4.78, 5) is 27.0. The molecule has 0 aliphatic heterocycles. The second-order valence-electron chi connectivity index (χ2n) is 5.99. The fraction of sp³-hybridized carbons (Fsp3) is 0.357. The van der Waals surface area contributed by atoms with Gasteiger partial charge in [-0.2, -0.15) is 4.98 Å². The van der Waals surface area contributed by atoms with E-state index in [1.165, 1.54) is 6.92 Å². The maximum Gasteiger partial charge on any atom is 0.326 e. The van der Waals surface area contributed by atoms with E-state index in [4.69, 9.17) is 4.52 Å². The van der Waals surface area contributed by atoms with Gasteiger partial charge in [0, 0.05) is 17.9 Å². The van der Waals surface area contributed by atoms with E-state index in [1.807, 2.05) is 0 Å². The Bertz CT molecular complexity index is 804. The molecule has 0 saturated heterocycles. The van der Waals surface area contributed by atoms with Crippen molar-refractivity contribution in [3.63, 3.8) is 0 Å². The zero-order valence-electron chi connectivity index (χ0n) is 12.9. The third-order valence-corrected chi connectivity index (χ3v) is 3.11. The minimum atomic E-state index is -0.980. The molecule has 9 nitrogen and oxygen atoms in total. The van der Waals surface area contributed by atoms with E-state index in [0.717, 1.165) is 6.07 Å². The molecular formula is C14H15N3O6. The molecule has 0 amide bonds. The summed E-state index contributed by atoms with van der Waals surface area (Å²) in [6.45, 7) is 6.24. The highest BCUT2D eigenvalue weighted by Gasteiger charge is 2.37. The molecule has 0 saturated carbocycles. The molecule has 2 aromatic rings. The number of phenols is 2. The first kappa shape index (κ1) is 16.4. The highest BCUT2D eigenvalue weighted by Crippen LogP contribution is 2.45. The number of Topliss-reactive ketones (excluding diaryl/α,β-unsaturated/α-hetero) is 1. The van der Waals surface area contributed by atoms with Crippen LogP contribution in [0.4, 0.5) is 5.69 Å². The molecule has 9 heteroatoms. The average molecular weight is 321 g/mol. The molecule has 0 spiro atoms. The summed E-state index contributed by atoms with van der Waals surface area (Å²) >= 11 is 0. The lowest BCUT2D eigenvalue weighted by atomic mass is 9.83. The van der Waals surface area contributed by atoms with Gasteiger partial charge in [-0.05, 0) is 6.07 Å². The quantitative estimate of drug-likeness (QED) is 0.380. The Labute approximate surface area is 130 Å². The monoisotopic (exact) mass is 321 g/mol. The van der Waals surface area contributed by atoms with Crippen LogP contribution in [0.25, 0.3) is 11.4 Å². The van der Waals surface area contributed by atoms with Crippen LogP contribution < -0.4 is 0 Å². The number of nitro groups is 1. The first-order valence-corrected chi connectivity index (χ1v) is 6.62. The first-order valence-electron chi connectivity index (χ1n) is 6.62. The van der Waals surface area contributed by atoms with Crippen molar-refractivity contribution < 1.29 is 24.5 Å². The van der Waals surface area contributed by atoms with Gasteiger partial charge in [-0.15, -0.1) is 0 Å². The fourth-order valence-corrected chi connectivity index (χ4v) is 2.01. The summed E-state index contributed by atoms with van der Waals surface area (Å²) < 4.78 is 4.82. The van der Waals surface area contributed by atoms with E-state index in [1.54, 1.807) is 20.8 Å². The molecule has 1 aromatic carbocycles. The van der Waals surface area contributed by atoms with Crippen molar-refractivity contribution in [2.24, 2.45) is 5.41 Å². The Morgan fingerprint density at radius 3 is 2.39 bits per heavy atom. The highest BCUT2D eigenvalue weighted by atomic mass is 16.6. The van der Waals surface area contributed by atoms with Crippen molar-refractivity contribution >= 4 is 11.5 Å². The zero-order chi connectivity index (χ0) is 17.5. The Hall–Kier alpha value is -2.97. The Morgan fingerprint density at radius 1 is 1.35 bits per heavy atom. The Balaban J connectivity index is 2.91. The van der Waals surface area contributed by atoms with Crippen LogP contribution in [0.15, 0.2) is 10.6 Å². The van der Waals surface area contributed by atoms with E-state index in [-0.39, 0.29) is 22.8 Å². The third kappa shape index (κ3) is 2.85. The van der Waals surface area contributed by atoms with Crippen LogP contribution in [-0.4, -0.2) is 31.1 Å². The van der Waals surface area contributed by atoms with Crippen molar-refractivity contribution in [2.45, 2.75) is 27.7 Å². The maximum absolute atomic E-state index is 12.7. The third-order valence-electron chi connectivity index (χ3n) is 3.11. The van der Waals surface area contributed by atoms with Crippen LogP contribution in [0, 0.1) is 22.5 Å². The lowest BCUT2D eigenvalue weighted by Crippen LogP contribution is -2.22. The lowest BCUT2D eigenvalue weighted by molar-refractivity contribution is -0.386. The lowest BCUT2D eigenvalue weighted by Gasteiger charge is -2.18. The van der Waals surface area contributed by atoms with Gasteiger partial charge >= 0.3 is 5.69 Å². The second-order valence-corrected chi connectivity index (χ2v) is 5.99. The maximum atomic E-state index is 12.7. The van der Waals surface area contributed by atoms with Gasteiger partial charge in [0.15, 0.2) is 11.5 Å². The summed E-state index contributed by atoms with van der Waals surface area (Å²) in [5.74, 6) is -2.24. The highest BCUT2D eigenvalue weighted by molar-refractivity contribution is 6.09. The molecule has 0 unspecified atom stereocenters. The molecule has 1 aromatic heterocycles. The molecular weight excluding hydrogens is 306 g/mol. The predicted octanol–water partition coefficient (Wildman–Crippen LogP) is 2.59. The number of nitro benzene ring substituents is 1. The first-order chi connectivity index (χ1) is 10.5. The van der Waals surface area contributed by atoms with Gasteiger partial charge in [0.05, 0.1) is 4.92 Å². The summed E-state index contributed by atoms with van der Waals surface area (Å²) in [6, 6.07) is 1.01. The van der Waals surface area contributed by atoms with Gasteiger partial charge in [0.25, 0.3) is 0 Å². The molecule has 23 heavy (non-hydrogen) atoms. The van der Waals surface area contributed by atoms with Crippen LogP contribution in [0.2, 0.25) is 0 Å². The number of carbonyl (C=O) groups is 1. The molecule has 0 bridgehead atoms. The van der Waals surface area contributed by atoms with Crippen molar-refractivity contribution in [1.29, 1.82) is 0 Å².